The molecular weight excluding hydrogens is 360 g/mol. The lowest BCUT2D eigenvalue weighted by atomic mass is 9.98. The van der Waals surface area contributed by atoms with Gasteiger partial charge in [0.25, 0.3) is 5.69 Å². The van der Waals surface area contributed by atoms with E-state index in [4.69, 9.17) is 9.47 Å². The molecule has 0 N–H and O–H groups in total. The van der Waals surface area contributed by atoms with Crippen LogP contribution in [0.15, 0.2) is 36.4 Å². The number of nitro groups is 1. The van der Waals surface area contributed by atoms with E-state index in [1.165, 1.54) is 11.6 Å². The SMILES string of the molecule is Cc1cc(OC(=O)c2ccc(N3CCOCC3)c([N+](=O)[O-])c2)ccc1C(C)C. The van der Waals surface area contributed by atoms with Gasteiger partial charge in [-0.2, -0.15) is 0 Å². The summed E-state index contributed by atoms with van der Waals surface area (Å²) in [6, 6.07) is 9.94. The molecule has 0 amide bonds. The number of benzene rings is 2. The summed E-state index contributed by atoms with van der Waals surface area (Å²) in [6.07, 6.45) is 0. The quantitative estimate of drug-likeness (QED) is 0.334. The van der Waals surface area contributed by atoms with Crippen molar-refractivity contribution >= 4 is 17.3 Å². The molecule has 2 aromatic carbocycles. The maximum atomic E-state index is 12.5. The first-order valence-electron chi connectivity index (χ1n) is 9.30. The van der Waals surface area contributed by atoms with Crippen LogP contribution in [0.2, 0.25) is 0 Å². The van der Waals surface area contributed by atoms with Gasteiger partial charge in [0, 0.05) is 19.2 Å². The summed E-state index contributed by atoms with van der Waals surface area (Å²) in [5, 5.41) is 11.5. The molecule has 28 heavy (non-hydrogen) atoms. The maximum Gasteiger partial charge on any atom is 0.343 e. The van der Waals surface area contributed by atoms with Crippen molar-refractivity contribution in [2.75, 3.05) is 31.2 Å². The summed E-state index contributed by atoms with van der Waals surface area (Å²) in [6.45, 7) is 8.36. The highest BCUT2D eigenvalue weighted by Crippen LogP contribution is 2.31. The van der Waals surface area contributed by atoms with Crippen molar-refractivity contribution in [3.8, 4) is 5.75 Å². The van der Waals surface area contributed by atoms with Gasteiger partial charge in [-0.15, -0.1) is 0 Å². The van der Waals surface area contributed by atoms with E-state index in [2.05, 4.69) is 13.8 Å². The molecule has 7 heteroatoms. The van der Waals surface area contributed by atoms with E-state index >= 15 is 0 Å². The normalized spacial score (nSPS) is 14.2. The molecule has 148 valence electrons. The molecule has 0 aromatic heterocycles. The number of carbonyl (C=O) groups excluding carboxylic acids is 1. The molecule has 7 nitrogen and oxygen atoms in total. The zero-order valence-corrected chi connectivity index (χ0v) is 16.3. The molecule has 1 saturated heterocycles. The van der Waals surface area contributed by atoms with Crippen molar-refractivity contribution < 1.29 is 19.2 Å². The van der Waals surface area contributed by atoms with Gasteiger partial charge in [0.15, 0.2) is 0 Å². The van der Waals surface area contributed by atoms with Crippen LogP contribution >= 0.6 is 0 Å². The first-order valence-corrected chi connectivity index (χ1v) is 9.30. The number of anilines is 1. The summed E-state index contributed by atoms with van der Waals surface area (Å²) in [5.41, 5.74) is 2.75. The third kappa shape index (κ3) is 4.31. The molecule has 1 heterocycles. The van der Waals surface area contributed by atoms with Crippen molar-refractivity contribution in [3.05, 3.63) is 63.2 Å². The van der Waals surface area contributed by atoms with E-state index in [9.17, 15) is 14.9 Å². The average molecular weight is 384 g/mol. The lowest BCUT2D eigenvalue weighted by molar-refractivity contribution is -0.384. The summed E-state index contributed by atoms with van der Waals surface area (Å²) in [7, 11) is 0. The third-order valence-electron chi connectivity index (χ3n) is 4.83. The Morgan fingerprint density at radius 3 is 2.50 bits per heavy atom. The fourth-order valence-electron chi connectivity index (χ4n) is 3.39. The number of aryl methyl sites for hydroxylation is 1. The summed E-state index contributed by atoms with van der Waals surface area (Å²) >= 11 is 0. The second-order valence-electron chi connectivity index (χ2n) is 7.12. The Balaban J connectivity index is 1.83. The number of morpholine rings is 1. The highest BCUT2D eigenvalue weighted by Gasteiger charge is 2.24. The van der Waals surface area contributed by atoms with Crippen molar-refractivity contribution in [2.24, 2.45) is 0 Å². The van der Waals surface area contributed by atoms with Crippen LogP contribution in [-0.4, -0.2) is 37.2 Å². The Morgan fingerprint density at radius 2 is 1.89 bits per heavy atom. The van der Waals surface area contributed by atoms with Crippen LogP contribution in [0.3, 0.4) is 0 Å². The number of nitrogens with zero attached hydrogens (tertiary/aromatic N) is 2. The van der Waals surface area contributed by atoms with Crippen LogP contribution in [0.1, 0.15) is 41.3 Å². The third-order valence-corrected chi connectivity index (χ3v) is 4.83. The number of hydrogen-bond acceptors (Lipinski definition) is 6. The van der Waals surface area contributed by atoms with Crippen molar-refractivity contribution in [1.29, 1.82) is 0 Å². The fraction of sp³-hybridized carbons (Fsp3) is 0.381. The van der Waals surface area contributed by atoms with Crippen LogP contribution in [0.5, 0.6) is 5.75 Å². The molecule has 0 unspecified atom stereocenters. The zero-order chi connectivity index (χ0) is 20.3. The van der Waals surface area contributed by atoms with E-state index in [0.29, 0.717) is 43.7 Å². The Kier molecular flexibility index (Phi) is 5.94. The minimum atomic E-state index is -0.617. The van der Waals surface area contributed by atoms with Gasteiger partial charge in [-0.25, -0.2) is 4.79 Å². The maximum absolute atomic E-state index is 12.5. The van der Waals surface area contributed by atoms with Crippen LogP contribution in [0, 0.1) is 17.0 Å². The van der Waals surface area contributed by atoms with E-state index in [0.717, 1.165) is 5.56 Å². The van der Waals surface area contributed by atoms with Crippen molar-refractivity contribution in [2.45, 2.75) is 26.7 Å². The van der Waals surface area contributed by atoms with Crippen LogP contribution < -0.4 is 9.64 Å². The van der Waals surface area contributed by atoms with Gasteiger partial charge < -0.3 is 14.4 Å². The van der Waals surface area contributed by atoms with Crippen LogP contribution in [0.25, 0.3) is 0 Å². The fourth-order valence-corrected chi connectivity index (χ4v) is 3.39. The van der Waals surface area contributed by atoms with Gasteiger partial charge in [-0.3, -0.25) is 10.1 Å². The standard InChI is InChI=1S/C21H24N2O5/c1-14(2)18-6-5-17(12-15(18)3)28-21(24)16-4-7-19(20(13-16)23(25)26)22-8-10-27-11-9-22/h4-7,12-14H,8-11H2,1-3H3. The Bertz CT molecular complexity index is 888. The van der Waals surface area contributed by atoms with Gasteiger partial charge in [-0.1, -0.05) is 19.9 Å². The minimum absolute atomic E-state index is 0.109. The molecule has 0 saturated carbocycles. The first-order chi connectivity index (χ1) is 13.4. The molecule has 0 atom stereocenters. The van der Waals surface area contributed by atoms with Gasteiger partial charge in [0.1, 0.15) is 11.4 Å². The molecule has 3 rings (SSSR count). The van der Waals surface area contributed by atoms with Crippen LogP contribution in [-0.2, 0) is 4.74 Å². The van der Waals surface area contributed by atoms with Crippen molar-refractivity contribution in [1.82, 2.24) is 0 Å². The lowest BCUT2D eigenvalue weighted by Crippen LogP contribution is -2.36. The number of hydrogen-bond donors (Lipinski definition) is 0. The smallest absolute Gasteiger partial charge is 0.343 e. The van der Waals surface area contributed by atoms with E-state index in [1.807, 2.05) is 24.0 Å². The molecule has 1 aliphatic rings. The van der Waals surface area contributed by atoms with Gasteiger partial charge in [0.05, 0.1) is 23.7 Å². The van der Waals surface area contributed by atoms with Crippen LogP contribution in [0.4, 0.5) is 11.4 Å². The summed E-state index contributed by atoms with van der Waals surface area (Å²) in [4.78, 5) is 25.5. The number of carbonyl (C=O) groups is 1. The minimum Gasteiger partial charge on any atom is -0.423 e. The second-order valence-corrected chi connectivity index (χ2v) is 7.12. The van der Waals surface area contributed by atoms with Crippen molar-refractivity contribution in [3.63, 3.8) is 0 Å². The molecular formula is C21H24N2O5. The number of nitro benzene ring substituents is 1. The largest absolute Gasteiger partial charge is 0.423 e. The summed E-state index contributed by atoms with van der Waals surface area (Å²) in [5.74, 6) is 0.181. The van der Waals surface area contributed by atoms with E-state index < -0.39 is 10.9 Å². The lowest BCUT2D eigenvalue weighted by Gasteiger charge is -2.28. The Hall–Kier alpha value is -2.93. The Morgan fingerprint density at radius 1 is 1.18 bits per heavy atom. The summed E-state index contributed by atoms with van der Waals surface area (Å²) < 4.78 is 10.7. The molecule has 0 bridgehead atoms. The Labute approximate surface area is 164 Å². The average Bonchev–Trinajstić information content (AvgIpc) is 2.68. The number of rotatable bonds is 5. The molecule has 1 fully saturated rings. The zero-order valence-electron chi connectivity index (χ0n) is 16.3. The molecule has 0 spiro atoms. The highest BCUT2D eigenvalue weighted by atomic mass is 16.6. The van der Waals surface area contributed by atoms with Gasteiger partial charge in [0.2, 0.25) is 0 Å². The number of esters is 1. The second kappa shape index (κ2) is 8.39. The predicted octanol–water partition coefficient (Wildman–Crippen LogP) is 4.08. The first kappa shape index (κ1) is 19.8. The monoisotopic (exact) mass is 384 g/mol. The highest BCUT2D eigenvalue weighted by molar-refractivity contribution is 5.93. The van der Waals surface area contributed by atoms with E-state index in [-0.39, 0.29) is 11.3 Å². The molecule has 2 aromatic rings. The van der Waals surface area contributed by atoms with Gasteiger partial charge in [-0.05, 0) is 48.2 Å². The number of ether oxygens (including phenoxy) is 2. The molecule has 1 aliphatic heterocycles. The molecule has 0 radical (unpaired) electrons. The molecule has 0 aliphatic carbocycles. The predicted molar refractivity (Wildman–Crippen MR) is 106 cm³/mol. The van der Waals surface area contributed by atoms with E-state index in [1.54, 1.807) is 18.2 Å². The topological polar surface area (TPSA) is 81.9 Å². The van der Waals surface area contributed by atoms with Gasteiger partial charge >= 0.3 is 5.97 Å².